The van der Waals surface area contributed by atoms with Gasteiger partial charge in [0.1, 0.15) is 0 Å². The van der Waals surface area contributed by atoms with Crippen LogP contribution in [0.25, 0.3) is 0 Å². The molecule has 0 aliphatic rings. The Balaban J connectivity index is 0. The van der Waals surface area contributed by atoms with Gasteiger partial charge in [0.2, 0.25) is 0 Å². The minimum Gasteiger partial charge on any atom is 0 e. The van der Waals surface area contributed by atoms with E-state index < -0.39 is 0 Å². The molecule has 0 rings (SSSR count). The summed E-state index contributed by atoms with van der Waals surface area (Å²) in [5, 5.41) is 0. The molecule has 0 saturated carbocycles. The Kier molecular flexibility index (Phi) is 8760. The van der Waals surface area contributed by atoms with Gasteiger partial charge in [-0.05, 0) is 0 Å². The molecule has 89 heavy (non-hydrogen) atoms. The molecule has 0 aromatic rings. The summed E-state index contributed by atoms with van der Waals surface area (Å²) < 4.78 is 0. The Morgan fingerprint density at radius 1 is 0.0112 bits per heavy atom. The smallest absolute Gasteiger partial charge is 0 e. The van der Waals surface area contributed by atoms with Crippen LogP contribution in [0.3, 0.4) is 0 Å². The molecule has 0 aromatic carbocycles. The normalized spacial score (nSPS) is 0. The van der Waals surface area contributed by atoms with Crippen LogP contribution >= 0.6 is 0 Å². The molecular weight excluding hydrogens is 17400 g/mol. The van der Waals surface area contributed by atoms with E-state index in [4.69, 9.17) is 0 Å². The molecule has 0 bridgehead atoms. The van der Waals surface area contributed by atoms with E-state index in [0.717, 1.165) is 0 Å². The van der Waals surface area contributed by atoms with Crippen LogP contribution in [0.5, 0.6) is 0 Å². The van der Waals surface area contributed by atoms with Gasteiger partial charge in [-0.15, -0.1) is 0 Å². The summed E-state index contributed by atoms with van der Waals surface area (Å²) >= 11 is 0. The molecule has 0 aliphatic carbocycles. The van der Waals surface area contributed by atoms with Crippen molar-refractivity contribution in [3.63, 3.8) is 0 Å². The number of hydrogen-bond acceptors (Lipinski definition) is 0. The topological polar surface area (TPSA) is 0 Å². The van der Waals surface area contributed by atoms with Gasteiger partial charge < -0.3 is 0 Å². The summed E-state index contributed by atoms with van der Waals surface area (Å²) in [6.45, 7) is 0. The Bertz CT molecular complexity index is 0. The van der Waals surface area contributed by atoms with Crippen LogP contribution in [-0.2, 0) is 1870 Å². The predicted octanol–water partition coefficient (Wildman–Crippen LogP) is -0.223. The van der Waals surface area contributed by atoms with Crippen molar-refractivity contribution >= 4 is 0 Å². The van der Waals surface area contributed by atoms with Gasteiger partial charge in [-0.25, -0.2) is 0 Å². The van der Waals surface area contributed by atoms with E-state index in [1.54, 1.807) is 0 Å². The Morgan fingerprint density at radius 3 is 0.0112 bits per heavy atom. The third kappa shape index (κ3) is 863. The molecule has 0 nitrogen and oxygen atoms in total. The van der Waals surface area contributed by atoms with Crippen LogP contribution in [0.1, 0.15) is 0 Å². The summed E-state index contributed by atoms with van der Waals surface area (Å²) in [7, 11) is 0. The molecule has 0 saturated heterocycles. The Hall–Kier alpha value is 61.3. The van der Waals surface area contributed by atoms with Crippen molar-refractivity contribution in [3.8, 4) is 0 Å². The van der Waals surface area contributed by atoms with E-state index >= 15 is 0 Å². The molecule has 0 aliphatic heterocycles. The van der Waals surface area contributed by atoms with Gasteiger partial charge in [0.25, 0.3) is 0 Å². The molecule has 0 N–H and O–H groups in total. The van der Waals surface area contributed by atoms with Gasteiger partial charge >= 0.3 is 0 Å². The summed E-state index contributed by atoms with van der Waals surface area (Å²) in [6, 6.07) is 0. The molecule has 89 heteroatoms. The largest absolute Gasteiger partial charge is 0 e. The van der Waals surface area contributed by atoms with Crippen LogP contribution in [0, 0.1) is 0 Å². The maximum absolute atomic E-state index is 0. The first-order valence-corrected chi connectivity index (χ1v) is 0. The second-order valence-corrected chi connectivity index (χ2v) is 0. The zero-order valence-corrected chi connectivity index (χ0v) is 230. The van der Waals surface area contributed by atoms with Gasteiger partial charge in [-0.3, -0.25) is 0 Å². The van der Waals surface area contributed by atoms with E-state index in [9.17, 15) is 0 Å². The molecule has 0 radical (unpaired) electrons. The quantitative estimate of drug-likeness (QED) is 0.316. The second-order valence-electron chi connectivity index (χ2n) is 0. The molecule has 890 valence electrons. The third-order valence-electron chi connectivity index (χ3n) is 0. The fraction of sp³-hybridized carbons (Fsp3) is 0. The fourth-order valence-electron chi connectivity index (χ4n) is 0. The molecule has 0 unspecified atom stereocenters. The summed E-state index contributed by atoms with van der Waals surface area (Å²) in [5.74, 6) is 0. The minimum atomic E-state index is 0. The van der Waals surface area contributed by atoms with Gasteiger partial charge in [-0.2, -0.15) is 0 Å². The van der Waals surface area contributed by atoms with Crippen LogP contribution in [0.2, 0.25) is 0 Å². The summed E-state index contributed by atoms with van der Waals surface area (Å²) in [4.78, 5) is 0. The molecule has 0 heterocycles. The number of hydrogen-bond donors (Lipinski definition) is 0. The minimum absolute atomic E-state index is 0. The van der Waals surface area contributed by atoms with E-state index in [-0.39, 0.29) is 1870 Å². The van der Waals surface area contributed by atoms with Crippen molar-refractivity contribution in [1.82, 2.24) is 0 Å². The van der Waals surface area contributed by atoms with Crippen molar-refractivity contribution in [2.75, 3.05) is 0 Å². The first kappa shape index (κ1) is 892. The van der Waals surface area contributed by atoms with Gasteiger partial charge in [0, 0.05) is 1870 Å². The van der Waals surface area contributed by atoms with Crippen LogP contribution in [0.15, 0.2) is 0 Å². The predicted molar refractivity (Wildman–Crippen MR) is 0 cm³/mol. The van der Waals surface area contributed by atoms with Crippen molar-refractivity contribution < 1.29 is 1870 Å². The van der Waals surface area contributed by atoms with Crippen molar-refractivity contribution in [2.24, 2.45) is 0 Å². The average molecular weight is 17400 g/mol. The van der Waals surface area contributed by atoms with Crippen molar-refractivity contribution in [1.29, 1.82) is 0 Å². The average Bonchev–Trinajstić information content (AvgIpc) is 0. The first-order valence-electron chi connectivity index (χ1n) is 0. The molecule has 0 atom stereocenters. The maximum atomic E-state index is 0. The van der Waals surface area contributed by atoms with Crippen LogP contribution in [0.4, 0.5) is 0 Å². The SMILES string of the molecule is [Pt].[Pt].[Pt].[Pt].[Pt].[Pt].[Pt].[Pt].[Pt].[Pt].[Pt].[Pt].[Pt].[Pt].[Pt].[Pt].[Pt].[Pt].[Pt].[Pt].[Pt].[Pt].[Pt].[Pt].[Pt].[Pt].[Pt].[Pt].[Pt].[Pt].[Pt].[Pt].[Pt].[Pt].[Pt].[Pt].[Pt].[Pt].[Pt].[Pt].[Pt].[Pt].[Pt].[Pt].[Pt].[Pt].[Pt].[Pt].[Pt].[Pt].[Pt].[Pt].[Pt].[Pt].[Pt].[Pt].[Pt].[Pt].[Pt].[Pt].[Pt].[Pt].[Pt].[Pt].[Pt].[Pt].[Pt].[Pt].[Pt].[Pt].[Pt].[Pt].[Pt].[Pt].[Pt].[Pt].[Pt].[Pt].[Pt].[Pt].[Pt].[Pt].[Pt].[Pt].[Pt].[Pt].[Pt].[Pt].[Pt]. The van der Waals surface area contributed by atoms with E-state index in [2.05, 4.69) is 0 Å². The standard InChI is InChI=1S/89Pt. The van der Waals surface area contributed by atoms with E-state index in [1.807, 2.05) is 0 Å². The number of rotatable bonds is 0. The maximum Gasteiger partial charge on any atom is 0 e. The van der Waals surface area contributed by atoms with Crippen LogP contribution in [-0.4, -0.2) is 0 Å². The Labute approximate surface area is 1820 Å². The zero-order valence-electron chi connectivity index (χ0n) is 28.1. The molecular formula is Pt89. The Morgan fingerprint density at radius 2 is 0.0112 bits per heavy atom. The molecule has 0 amide bonds. The first-order chi connectivity index (χ1) is 0. The summed E-state index contributed by atoms with van der Waals surface area (Å²) in [5.41, 5.74) is 0. The van der Waals surface area contributed by atoms with Gasteiger partial charge in [0.15, 0.2) is 0 Å². The van der Waals surface area contributed by atoms with E-state index in [0.29, 0.717) is 0 Å². The molecule has 0 spiro atoms. The van der Waals surface area contributed by atoms with Crippen LogP contribution < -0.4 is 0 Å². The monoisotopic (exact) mass is 17400 g/mol. The summed E-state index contributed by atoms with van der Waals surface area (Å²) in [6.07, 6.45) is 0. The van der Waals surface area contributed by atoms with Crippen molar-refractivity contribution in [3.05, 3.63) is 0 Å². The third-order valence-corrected chi connectivity index (χ3v) is 0. The fourth-order valence-corrected chi connectivity index (χ4v) is 0. The molecule has 0 aromatic heterocycles. The zero-order chi connectivity index (χ0) is 0. The van der Waals surface area contributed by atoms with Gasteiger partial charge in [0.05, 0.1) is 0 Å². The van der Waals surface area contributed by atoms with E-state index in [1.165, 1.54) is 0 Å². The van der Waals surface area contributed by atoms with Gasteiger partial charge in [-0.1, -0.05) is 0 Å². The molecule has 0 fully saturated rings. The van der Waals surface area contributed by atoms with Crippen molar-refractivity contribution in [2.45, 2.75) is 0 Å². The second kappa shape index (κ2) is 874.